The summed E-state index contributed by atoms with van der Waals surface area (Å²) < 4.78 is 0. The van der Waals surface area contributed by atoms with E-state index >= 15 is 0 Å². The molecule has 4 rings (SSSR count). The molecule has 0 fully saturated rings. The highest BCUT2D eigenvalue weighted by molar-refractivity contribution is 6.35. The number of benzene rings is 2. The van der Waals surface area contributed by atoms with Crippen LogP contribution in [0.5, 0.6) is 0 Å². The molecule has 0 unspecified atom stereocenters. The second-order valence-electron chi connectivity index (χ2n) is 5.84. The van der Waals surface area contributed by atoms with Crippen molar-refractivity contribution in [2.24, 2.45) is 0 Å². The lowest BCUT2D eigenvalue weighted by atomic mass is 9.99. The minimum absolute atomic E-state index is 0.178. The Balaban J connectivity index is 2.11. The second-order valence-corrected chi connectivity index (χ2v) is 5.84. The molecule has 0 spiro atoms. The van der Waals surface area contributed by atoms with Gasteiger partial charge < -0.3 is 5.11 Å². The van der Waals surface area contributed by atoms with Gasteiger partial charge in [-0.15, -0.1) is 0 Å². The Morgan fingerprint density at radius 3 is 1.85 bits per heavy atom. The van der Waals surface area contributed by atoms with Crippen molar-refractivity contribution in [2.45, 2.75) is 0 Å². The van der Waals surface area contributed by atoms with Crippen LogP contribution in [-0.4, -0.2) is 34.7 Å². The molecule has 2 aliphatic rings. The van der Waals surface area contributed by atoms with Crippen LogP contribution in [0.2, 0.25) is 0 Å². The summed E-state index contributed by atoms with van der Waals surface area (Å²) in [6, 6.07) is 7.87. The Kier molecular flexibility index (Phi) is 3.48. The van der Waals surface area contributed by atoms with Crippen molar-refractivity contribution in [3.63, 3.8) is 0 Å². The van der Waals surface area contributed by atoms with E-state index in [1.165, 1.54) is 6.07 Å². The molecule has 132 valence electrons. The lowest BCUT2D eigenvalue weighted by Crippen LogP contribution is -2.35. The summed E-state index contributed by atoms with van der Waals surface area (Å²) in [5.74, 6) is -4.31. The van der Waals surface area contributed by atoms with Crippen LogP contribution in [0.4, 0.5) is 11.4 Å². The lowest BCUT2D eigenvalue weighted by molar-refractivity contribution is -0.121. The number of amides is 4. The molecule has 8 nitrogen and oxygen atoms in total. The van der Waals surface area contributed by atoms with Gasteiger partial charge in [-0.25, -0.2) is 14.6 Å². The zero-order valence-corrected chi connectivity index (χ0v) is 13.6. The van der Waals surface area contributed by atoms with Crippen LogP contribution in [0.15, 0.2) is 54.6 Å². The van der Waals surface area contributed by atoms with Gasteiger partial charge in [0.15, 0.2) is 0 Å². The average molecular weight is 362 g/mol. The van der Waals surface area contributed by atoms with E-state index in [0.29, 0.717) is 15.7 Å². The SMILES string of the molecule is O=C(O)c1c(N2C(=O)C=CC2=O)cc2ccccc2c1N1C(=O)C=CC1=O. The normalized spacial score (nSPS) is 16.3. The number of aromatic carboxylic acids is 1. The summed E-state index contributed by atoms with van der Waals surface area (Å²) in [7, 11) is 0. The lowest BCUT2D eigenvalue weighted by Gasteiger charge is -2.24. The van der Waals surface area contributed by atoms with Crippen molar-refractivity contribution in [2.75, 3.05) is 9.80 Å². The number of fused-ring (bicyclic) bond motifs is 1. The van der Waals surface area contributed by atoms with Gasteiger partial charge in [0.1, 0.15) is 5.56 Å². The van der Waals surface area contributed by atoms with Gasteiger partial charge in [-0.1, -0.05) is 24.3 Å². The number of hydrogen-bond donors (Lipinski definition) is 1. The molecule has 0 aromatic heterocycles. The molecule has 4 amide bonds. The molecule has 2 heterocycles. The third-order valence-electron chi connectivity index (χ3n) is 4.30. The predicted octanol–water partition coefficient (Wildman–Crippen LogP) is 1.40. The van der Waals surface area contributed by atoms with Crippen LogP contribution in [0.1, 0.15) is 10.4 Å². The molecule has 0 atom stereocenters. The zero-order valence-electron chi connectivity index (χ0n) is 13.6. The molecule has 2 aromatic rings. The van der Waals surface area contributed by atoms with Gasteiger partial charge >= 0.3 is 5.97 Å². The molecular formula is C19H10N2O6. The number of hydrogen-bond acceptors (Lipinski definition) is 5. The smallest absolute Gasteiger partial charge is 0.340 e. The second kappa shape index (κ2) is 5.73. The van der Waals surface area contributed by atoms with E-state index < -0.39 is 35.2 Å². The fourth-order valence-electron chi connectivity index (χ4n) is 3.19. The minimum atomic E-state index is -1.48. The molecule has 27 heavy (non-hydrogen) atoms. The fourth-order valence-corrected chi connectivity index (χ4v) is 3.19. The standard InChI is InChI=1S/C19H10N2O6/c22-13-5-6-14(23)20(13)12-9-10-3-1-2-4-11(10)18(17(12)19(26)27)21-15(24)7-8-16(21)25/h1-9H,(H,26,27). The highest BCUT2D eigenvalue weighted by Crippen LogP contribution is 2.40. The number of carboxylic acids is 1. The Labute approximate surface area is 151 Å². The number of rotatable bonds is 3. The topological polar surface area (TPSA) is 112 Å². The van der Waals surface area contributed by atoms with Crippen LogP contribution in [0.3, 0.4) is 0 Å². The Morgan fingerprint density at radius 1 is 0.778 bits per heavy atom. The van der Waals surface area contributed by atoms with Crippen LogP contribution in [0.25, 0.3) is 10.8 Å². The molecule has 0 saturated heterocycles. The largest absolute Gasteiger partial charge is 0.478 e. The fraction of sp³-hybridized carbons (Fsp3) is 0. The summed E-state index contributed by atoms with van der Waals surface area (Å²) in [5, 5.41) is 10.6. The summed E-state index contributed by atoms with van der Waals surface area (Å²) in [5.41, 5.74) is -0.865. The van der Waals surface area contributed by atoms with Gasteiger partial charge in [0.25, 0.3) is 23.6 Å². The van der Waals surface area contributed by atoms with Gasteiger partial charge in [-0.2, -0.15) is 0 Å². The molecule has 1 N–H and O–H groups in total. The van der Waals surface area contributed by atoms with Crippen LogP contribution >= 0.6 is 0 Å². The van der Waals surface area contributed by atoms with E-state index in [0.717, 1.165) is 29.2 Å². The van der Waals surface area contributed by atoms with Crippen LogP contribution in [0, 0.1) is 0 Å². The summed E-state index contributed by atoms with van der Waals surface area (Å²) in [6.07, 6.45) is 4.11. The zero-order chi connectivity index (χ0) is 19.3. The summed E-state index contributed by atoms with van der Waals surface area (Å²) in [6.45, 7) is 0. The van der Waals surface area contributed by atoms with E-state index in [2.05, 4.69) is 0 Å². The van der Waals surface area contributed by atoms with Crippen molar-refractivity contribution < 1.29 is 29.1 Å². The molecule has 0 aliphatic carbocycles. The predicted molar refractivity (Wildman–Crippen MR) is 94.2 cm³/mol. The van der Waals surface area contributed by atoms with Gasteiger partial charge in [0, 0.05) is 29.7 Å². The average Bonchev–Trinajstić information content (AvgIpc) is 3.14. The molecular weight excluding hydrogens is 352 g/mol. The van der Waals surface area contributed by atoms with E-state index in [9.17, 15) is 29.1 Å². The number of nitrogens with zero attached hydrogens (tertiary/aromatic N) is 2. The third-order valence-corrected chi connectivity index (χ3v) is 4.30. The van der Waals surface area contributed by atoms with Crippen molar-refractivity contribution in [1.29, 1.82) is 0 Å². The van der Waals surface area contributed by atoms with E-state index in [1.807, 2.05) is 0 Å². The Morgan fingerprint density at radius 2 is 1.30 bits per heavy atom. The molecule has 2 aliphatic heterocycles. The van der Waals surface area contributed by atoms with E-state index in [4.69, 9.17) is 0 Å². The summed E-state index contributed by atoms with van der Waals surface area (Å²) in [4.78, 5) is 62.2. The molecule has 0 saturated carbocycles. The number of imide groups is 2. The monoisotopic (exact) mass is 362 g/mol. The van der Waals surface area contributed by atoms with Crippen molar-refractivity contribution in [1.82, 2.24) is 0 Å². The first-order chi connectivity index (χ1) is 12.9. The first-order valence-corrected chi connectivity index (χ1v) is 7.81. The molecule has 0 bridgehead atoms. The van der Waals surface area contributed by atoms with Gasteiger partial charge in [-0.05, 0) is 11.5 Å². The van der Waals surface area contributed by atoms with Gasteiger partial charge in [0.2, 0.25) is 0 Å². The van der Waals surface area contributed by atoms with E-state index in [-0.39, 0.29) is 11.4 Å². The first-order valence-electron chi connectivity index (χ1n) is 7.81. The first kappa shape index (κ1) is 16.4. The maximum atomic E-state index is 12.2. The van der Waals surface area contributed by atoms with E-state index in [1.54, 1.807) is 24.3 Å². The third kappa shape index (κ3) is 2.35. The van der Waals surface area contributed by atoms with Crippen molar-refractivity contribution in [3.8, 4) is 0 Å². The Hall–Kier alpha value is -4.07. The van der Waals surface area contributed by atoms with Crippen LogP contribution < -0.4 is 9.80 Å². The molecule has 8 heteroatoms. The maximum Gasteiger partial charge on any atom is 0.340 e. The number of carbonyl (C=O) groups is 5. The number of carboxylic acid groups (broad SMARTS) is 1. The van der Waals surface area contributed by atoms with Crippen molar-refractivity contribution >= 4 is 51.7 Å². The minimum Gasteiger partial charge on any atom is -0.478 e. The van der Waals surface area contributed by atoms with Crippen LogP contribution in [-0.2, 0) is 19.2 Å². The summed E-state index contributed by atoms with van der Waals surface area (Å²) >= 11 is 0. The van der Waals surface area contributed by atoms with Crippen molar-refractivity contribution in [3.05, 3.63) is 60.2 Å². The number of anilines is 2. The number of carbonyl (C=O) groups excluding carboxylic acids is 4. The van der Waals surface area contributed by atoms with Gasteiger partial charge in [-0.3, -0.25) is 19.2 Å². The highest BCUT2D eigenvalue weighted by Gasteiger charge is 2.36. The quantitative estimate of drug-likeness (QED) is 0.826. The van der Waals surface area contributed by atoms with Gasteiger partial charge in [0.05, 0.1) is 11.4 Å². The highest BCUT2D eigenvalue weighted by atomic mass is 16.4. The Bertz CT molecular complexity index is 1110. The molecule has 2 aromatic carbocycles. The molecule has 0 radical (unpaired) electrons. The maximum absolute atomic E-state index is 12.2.